The molecule has 0 saturated carbocycles. The Morgan fingerprint density at radius 1 is 1.21 bits per heavy atom. The summed E-state index contributed by atoms with van der Waals surface area (Å²) >= 11 is 9.65. The van der Waals surface area contributed by atoms with E-state index >= 15 is 0 Å². The second-order valence-corrected chi connectivity index (χ2v) is 6.98. The Balaban J connectivity index is 2.04. The number of nitrogens with one attached hydrogen (secondary N) is 1. The number of hydrogen-bond donors (Lipinski definition) is 1. The summed E-state index contributed by atoms with van der Waals surface area (Å²) in [6, 6.07) is 13.3. The van der Waals surface area contributed by atoms with Gasteiger partial charge < -0.3 is 14.8 Å². The molecule has 0 aliphatic carbocycles. The van der Waals surface area contributed by atoms with E-state index in [1.54, 1.807) is 12.1 Å². The molecule has 6 heteroatoms. The fourth-order valence-corrected chi connectivity index (χ4v) is 3.73. The Morgan fingerprint density at radius 3 is 2.58 bits per heavy atom. The van der Waals surface area contributed by atoms with E-state index < -0.39 is 0 Å². The molecule has 2 aromatic carbocycles. The van der Waals surface area contributed by atoms with Crippen LogP contribution in [-0.2, 0) is 7.05 Å². The highest BCUT2D eigenvalue weighted by Crippen LogP contribution is 2.32. The van der Waals surface area contributed by atoms with E-state index in [0.29, 0.717) is 16.4 Å². The lowest BCUT2D eigenvalue weighted by Gasteiger charge is -2.18. The van der Waals surface area contributed by atoms with Gasteiger partial charge in [0.25, 0.3) is 5.91 Å². The number of aromatic nitrogens is 1. The smallest absolute Gasteiger partial charge is 0.273 e. The van der Waals surface area contributed by atoms with Crippen LogP contribution in [0.4, 0.5) is 11.4 Å². The molecule has 1 N–H and O–H groups in total. The van der Waals surface area contributed by atoms with Crippen molar-refractivity contribution in [3.8, 4) is 0 Å². The number of carbonyl (C=O) groups excluding carboxylic acids is 1. The molecule has 24 heavy (non-hydrogen) atoms. The average Bonchev–Trinajstić information content (AvgIpc) is 2.79. The zero-order valence-electron chi connectivity index (χ0n) is 13.6. The van der Waals surface area contributed by atoms with Crippen LogP contribution in [0.5, 0.6) is 0 Å². The first kappa shape index (κ1) is 16.9. The first-order valence-corrected chi connectivity index (χ1v) is 8.58. The largest absolute Gasteiger partial charge is 0.376 e. The number of nitrogens with zero attached hydrogens (tertiary/aromatic N) is 2. The number of halogens is 2. The number of para-hydroxylation sites is 1. The molecule has 0 bridgehead atoms. The molecular weight excluding hydrogens is 390 g/mol. The first-order chi connectivity index (χ1) is 11.4. The van der Waals surface area contributed by atoms with Crippen molar-refractivity contribution in [2.45, 2.75) is 0 Å². The molecule has 3 aromatic rings. The molecule has 0 aliphatic rings. The van der Waals surface area contributed by atoms with Crippen molar-refractivity contribution in [1.29, 1.82) is 0 Å². The van der Waals surface area contributed by atoms with Gasteiger partial charge in [-0.3, -0.25) is 4.79 Å². The van der Waals surface area contributed by atoms with Gasteiger partial charge in [0.05, 0.1) is 15.8 Å². The zero-order chi connectivity index (χ0) is 17.4. The predicted molar refractivity (Wildman–Crippen MR) is 104 cm³/mol. The second-order valence-electron chi connectivity index (χ2n) is 5.75. The third kappa shape index (κ3) is 2.89. The lowest BCUT2D eigenvalue weighted by molar-refractivity contribution is 0.101. The number of aryl methyl sites for hydroxylation is 1. The molecule has 0 aliphatic heterocycles. The standard InChI is InChI=1S/C18H17BrClN3O/c1-22(2)15-9-8-11(20)10-13(15)21-18(24)17-16(19)12-6-4-5-7-14(12)23(17)3/h4-10H,1-3H3,(H,21,24). The number of amides is 1. The van der Waals surface area contributed by atoms with Gasteiger partial charge in [-0.2, -0.15) is 0 Å². The highest BCUT2D eigenvalue weighted by molar-refractivity contribution is 9.10. The maximum atomic E-state index is 12.9. The van der Waals surface area contributed by atoms with Crippen molar-refractivity contribution in [2.24, 2.45) is 7.05 Å². The summed E-state index contributed by atoms with van der Waals surface area (Å²) in [6.45, 7) is 0. The molecule has 1 aromatic heterocycles. The summed E-state index contributed by atoms with van der Waals surface area (Å²) in [4.78, 5) is 14.8. The van der Waals surface area contributed by atoms with Crippen LogP contribution >= 0.6 is 27.5 Å². The van der Waals surface area contributed by atoms with Gasteiger partial charge in [-0.25, -0.2) is 0 Å². The molecule has 124 valence electrons. The minimum atomic E-state index is -0.189. The van der Waals surface area contributed by atoms with Gasteiger partial charge in [0.15, 0.2) is 0 Å². The SMILES string of the molecule is CN(C)c1ccc(Cl)cc1NC(=O)c1c(Br)c2ccccc2n1C. The minimum absolute atomic E-state index is 0.189. The number of hydrogen-bond acceptors (Lipinski definition) is 2. The lowest BCUT2D eigenvalue weighted by atomic mass is 10.2. The summed E-state index contributed by atoms with van der Waals surface area (Å²) in [5.41, 5.74) is 3.13. The number of carbonyl (C=O) groups is 1. The van der Waals surface area contributed by atoms with Gasteiger partial charge in [0, 0.05) is 37.1 Å². The zero-order valence-corrected chi connectivity index (χ0v) is 15.9. The van der Waals surface area contributed by atoms with Gasteiger partial charge in [0.1, 0.15) is 5.69 Å². The molecule has 4 nitrogen and oxygen atoms in total. The topological polar surface area (TPSA) is 37.3 Å². The van der Waals surface area contributed by atoms with E-state index in [1.807, 2.05) is 60.9 Å². The van der Waals surface area contributed by atoms with Gasteiger partial charge in [0.2, 0.25) is 0 Å². The fraction of sp³-hybridized carbons (Fsp3) is 0.167. The van der Waals surface area contributed by atoms with Crippen LogP contribution < -0.4 is 10.2 Å². The molecule has 0 atom stereocenters. The molecule has 0 unspecified atom stereocenters. The van der Waals surface area contributed by atoms with Crippen LogP contribution in [-0.4, -0.2) is 24.6 Å². The molecule has 0 radical (unpaired) electrons. The average molecular weight is 407 g/mol. The normalized spacial score (nSPS) is 10.9. The summed E-state index contributed by atoms with van der Waals surface area (Å²) in [7, 11) is 5.73. The van der Waals surface area contributed by atoms with E-state index in [0.717, 1.165) is 21.1 Å². The van der Waals surface area contributed by atoms with Gasteiger partial charge in [-0.05, 0) is 40.2 Å². The number of anilines is 2. The van der Waals surface area contributed by atoms with Crippen LogP contribution in [0.3, 0.4) is 0 Å². The third-order valence-corrected chi connectivity index (χ3v) is 4.99. The van der Waals surface area contributed by atoms with Crippen LogP contribution in [0.25, 0.3) is 10.9 Å². The molecule has 3 rings (SSSR count). The Labute approximate surface area is 154 Å². The summed E-state index contributed by atoms with van der Waals surface area (Å²) in [6.07, 6.45) is 0. The Morgan fingerprint density at radius 2 is 1.92 bits per heavy atom. The van der Waals surface area contributed by atoms with Gasteiger partial charge in [-0.1, -0.05) is 29.8 Å². The maximum Gasteiger partial charge on any atom is 0.273 e. The molecule has 1 heterocycles. The summed E-state index contributed by atoms with van der Waals surface area (Å²) < 4.78 is 2.67. The summed E-state index contributed by atoms with van der Waals surface area (Å²) in [5.74, 6) is -0.189. The van der Waals surface area contributed by atoms with Crippen molar-refractivity contribution >= 4 is 55.7 Å². The number of fused-ring (bicyclic) bond motifs is 1. The van der Waals surface area contributed by atoms with Crippen molar-refractivity contribution in [3.63, 3.8) is 0 Å². The second kappa shape index (κ2) is 6.49. The highest BCUT2D eigenvalue weighted by Gasteiger charge is 2.20. The number of benzene rings is 2. The molecule has 0 spiro atoms. The van der Waals surface area contributed by atoms with Crippen molar-refractivity contribution in [2.75, 3.05) is 24.3 Å². The quantitative estimate of drug-likeness (QED) is 0.671. The third-order valence-electron chi connectivity index (χ3n) is 3.95. The molecule has 0 fully saturated rings. The van der Waals surface area contributed by atoms with E-state index in [9.17, 15) is 4.79 Å². The van der Waals surface area contributed by atoms with Crippen molar-refractivity contribution in [3.05, 3.63) is 57.7 Å². The van der Waals surface area contributed by atoms with E-state index in [-0.39, 0.29) is 5.91 Å². The lowest BCUT2D eigenvalue weighted by Crippen LogP contribution is -2.19. The van der Waals surface area contributed by atoms with E-state index in [2.05, 4.69) is 21.2 Å². The predicted octanol–water partition coefficient (Wildman–Crippen LogP) is 4.91. The van der Waals surface area contributed by atoms with Crippen molar-refractivity contribution < 1.29 is 4.79 Å². The Bertz CT molecular complexity index is 894. The fourth-order valence-electron chi connectivity index (χ4n) is 2.78. The Kier molecular flexibility index (Phi) is 4.56. The molecular formula is C18H17BrClN3O. The first-order valence-electron chi connectivity index (χ1n) is 7.41. The Hall–Kier alpha value is -1.98. The van der Waals surface area contributed by atoms with Gasteiger partial charge in [-0.15, -0.1) is 0 Å². The monoisotopic (exact) mass is 405 g/mol. The van der Waals surface area contributed by atoms with Gasteiger partial charge >= 0.3 is 0 Å². The summed E-state index contributed by atoms with van der Waals surface area (Å²) in [5, 5.41) is 4.56. The van der Waals surface area contributed by atoms with Crippen LogP contribution in [0.1, 0.15) is 10.5 Å². The highest BCUT2D eigenvalue weighted by atomic mass is 79.9. The minimum Gasteiger partial charge on any atom is -0.376 e. The number of rotatable bonds is 3. The van der Waals surface area contributed by atoms with Crippen LogP contribution in [0.2, 0.25) is 5.02 Å². The van der Waals surface area contributed by atoms with E-state index in [4.69, 9.17) is 11.6 Å². The van der Waals surface area contributed by atoms with Crippen LogP contribution in [0, 0.1) is 0 Å². The molecule has 0 saturated heterocycles. The maximum absolute atomic E-state index is 12.9. The van der Waals surface area contributed by atoms with Crippen molar-refractivity contribution in [1.82, 2.24) is 4.57 Å². The van der Waals surface area contributed by atoms with Crippen LogP contribution in [0.15, 0.2) is 46.9 Å². The van der Waals surface area contributed by atoms with E-state index in [1.165, 1.54) is 0 Å². The molecule has 1 amide bonds.